The van der Waals surface area contributed by atoms with Crippen molar-refractivity contribution in [3.63, 3.8) is 0 Å². The number of ether oxygens (including phenoxy) is 1. The molecule has 10 heteroatoms. The Balaban J connectivity index is 2.37. The molecule has 0 unspecified atom stereocenters. The lowest BCUT2D eigenvalue weighted by atomic mass is 10.3. The topological polar surface area (TPSA) is 67.3 Å². The summed E-state index contributed by atoms with van der Waals surface area (Å²) >= 11 is 11.2. The standard InChI is InChI=1S/C11H6Cl2F3N3O2/c12-5-1-2-6(8(3-5)21-11(14,15)16)18-9-7(20)4-17-10(13)19-9/h1-4,20H,(H,17,18,19). The Bertz CT molecular complexity index is 668. The number of benzene rings is 1. The van der Waals surface area contributed by atoms with Gasteiger partial charge in [-0.25, -0.2) is 4.98 Å². The van der Waals surface area contributed by atoms with Crippen LogP contribution in [0.25, 0.3) is 0 Å². The minimum Gasteiger partial charge on any atom is -0.503 e. The van der Waals surface area contributed by atoms with E-state index in [0.717, 1.165) is 12.3 Å². The molecule has 1 heterocycles. The van der Waals surface area contributed by atoms with Crippen molar-refractivity contribution >= 4 is 34.7 Å². The zero-order valence-corrected chi connectivity index (χ0v) is 11.5. The minimum absolute atomic E-state index is 0.0461. The average Bonchev–Trinajstić information content (AvgIpc) is 2.35. The molecule has 0 saturated carbocycles. The largest absolute Gasteiger partial charge is 0.573 e. The average molecular weight is 340 g/mol. The highest BCUT2D eigenvalue weighted by Crippen LogP contribution is 2.35. The van der Waals surface area contributed by atoms with E-state index in [1.165, 1.54) is 12.1 Å². The van der Waals surface area contributed by atoms with Crippen LogP contribution in [0.4, 0.5) is 24.7 Å². The smallest absolute Gasteiger partial charge is 0.503 e. The van der Waals surface area contributed by atoms with Crippen LogP contribution in [0, 0.1) is 0 Å². The second kappa shape index (κ2) is 5.82. The Morgan fingerprint density at radius 3 is 2.62 bits per heavy atom. The molecule has 0 amide bonds. The van der Waals surface area contributed by atoms with E-state index in [0.29, 0.717) is 0 Å². The van der Waals surface area contributed by atoms with Gasteiger partial charge in [-0.1, -0.05) is 11.6 Å². The molecule has 0 saturated heterocycles. The van der Waals surface area contributed by atoms with Crippen LogP contribution >= 0.6 is 23.2 Å². The predicted octanol–water partition coefficient (Wildman–Crippen LogP) is 4.13. The summed E-state index contributed by atoms with van der Waals surface area (Å²) in [4.78, 5) is 7.16. The molecule has 112 valence electrons. The van der Waals surface area contributed by atoms with Gasteiger partial charge in [0.2, 0.25) is 5.28 Å². The lowest BCUT2D eigenvalue weighted by molar-refractivity contribution is -0.274. The van der Waals surface area contributed by atoms with Crippen molar-refractivity contribution < 1.29 is 23.0 Å². The Hall–Kier alpha value is -1.93. The van der Waals surface area contributed by atoms with Crippen molar-refractivity contribution in [1.29, 1.82) is 0 Å². The van der Waals surface area contributed by atoms with Gasteiger partial charge in [0.25, 0.3) is 0 Å². The highest BCUT2D eigenvalue weighted by molar-refractivity contribution is 6.30. The van der Waals surface area contributed by atoms with Gasteiger partial charge in [0, 0.05) is 11.1 Å². The van der Waals surface area contributed by atoms with Crippen molar-refractivity contribution in [3.8, 4) is 11.5 Å². The molecule has 0 spiro atoms. The summed E-state index contributed by atoms with van der Waals surface area (Å²) in [5, 5.41) is 11.9. The number of anilines is 2. The normalized spacial score (nSPS) is 11.3. The number of aromatic nitrogens is 2. The molecule has 1 aromatic heterocycles. The van der Waals surface area contributed by atoms with Crippen LogP contribution in [0.1, 0.15) is 0 Å². The third kappa shape index (κ3) is 4.27. The molecule has 1 aromatic carbocycles. The van der Waals surface area contributed by atoms with Crippen molar-refractivity contribution in [2.45, 2.75) is 6.36 Å². The quantitative estimate of drug-likeness (QED) is 0.823. The van der Waals surface area contributed by atoms with E-state index in [1.807, 2.05) is 0 Å². The van der Waals surface area contributed by atoms with E-state index < -0.39 is 17.9 Å². The van der Waals surface area contributed by atoms with Crippen LogP contribution in [-0.4, -0.2) is 21.4 Å². The lowest BCUT2D eigenvalue weighted by Crippen LogP contribution is -2.18. The molecule has 2 N–H and O–H groups in total. The molecule has 2 rings (SSSR count). The Morgan fingerprint density at radius 1 is 1.24 bits per heavy atom. The maximum atomic E-state index is 12.3. The number of halogens is 5. The fourth-order valence-corrected chi connectivity index (χ4v) is 1.68. The number of hydrogen-bond acceptors (Lipinski definition) is 5. The molecule has 21 heavy (non-hydrogen) atoms. The van der Waals surface area contributed by atoms with Crippen LogP contribution in [0.5, 0.6) is 11.5 Å². The molecule has 0 aliphatic rings. The molecule has 0 fully saturated rings. The minimum atomic E-state index is -4.90. The summed E-state index contributed by atoms with van der Waals surface area (Å²) in [6.45, 7) is 0. The summed E-state index contributed by atoms with van der Waals surface area (Å²) in [6, 6.07) is 3.54. The van der Waals surface area contributed by atoms with Gasteiger partial charge in [0.1, 0.15) is 0 Å². The highest BCUT2D eigenvalue weighted by Gasteiger charge is 2.32. The van der Waals surface area contributed by atoms with Gasteiger partial charge in [0.15, 0.2) is 17.3 Å². The van der Waals surface area contributed by atoms with Gasteiger partial charge >= 0.3 is 6.36 Å². The molecular weight excluding hydrogens is 334 g/mol. The fourth-order valence-electron chi connectivity index (χ4n) is 1.38. The fraction of sp³-hybridized carbons (Fsp3) is 0.0909. The molecule has 0 radical (unpaired) electrons. The SMILES string of the molecule is Oc1cnc(Cl)nc1Nc1ccc(Cl)cc1OC(F)(F)F. The van der Waals surface area contributed by atoms with Crippen molar-refractivity contribution in [2.24, 2.45) is 0 Å². The van der Waals surface area contributed by atoms with Gasteiger partial charge in [-0.05, 0) is 23.7 Å². The summed E-state index contributed by atoms with van der Waals surface area (Å²) in [6.07, 6.45) is -3.90. The van der Waals surface area contributed by atoms with Crippen LogP contribution in [0.2, 0.25) is 10.3 Å². The van der Waals surface area contributed by atoms with E-state index >= 15 is 0 Å². The number of nitrogens with one attached hydrogen (secondary N) is 1. The van der Waals surface area contributed by atoms with Gasteiger partial charge in [-0.3, -0.25) is 0 Å². The molecular formula is C11H6Cl2F3N3O2. The zero-order chi connectivity index (χ0) is 15.6. The molecule has 0 bridgehead atoms. The summed E-state index contributed by atoms with van der Waals surface area (Å²) in [5.41, 5.74) is -0.109. The second-order valence-electron chi connectivity index (χ2n) is 3.69. The van der Waals surface area contributed by atoms with Gasteiger partial charge in [-0.15, -0.1) is 13.2 Å². The van der Waals surface area contributed by atoms with Gasteiger partial charge in [0.05, 0.1) is 11.9 Å². The third-order valence-electron chi connectivity index (χ3n) is 2.16. The first-order valence-corrected chi connectivity index (χ1v) is 6.04. The first-order chi connectivity index (χ1) is 9.74. The summed E-state index contributed by atoms with van der Waals surface area (Å²) in [7, 11) is 0. The van der Waals surface area contributed by atoms with Crippen LogP contribution in [-0.2, 0) is 0 Å². The Labute approximate surface area is 126 Å². The molecule has 5 nitrogen and oxygen atoms in total. The number of hydrogen-bond donors (Lipinski definition) is 2. The monoisotopic (exact) mass is 339 g/mol. The maximum Gasteiger partial charge on any atom is 0.573 e. The number of rotatable bonds is 3. The van der Waals surface area contributed by atoms with E-state index in [4.69, 9.17) is 23.2 Å². The van der Waals surface area contributed by atoms with E-state index in [2.05, 4.69) is 20.0 Å². The first kappa shape index (κ1) is 15.5. The highest BCUT2D eigenvalue weighted by atomic mass is 35.5. The van der Waals surface area contributed by atoms with E-state index in [9.17, 15) is 18.3 Å². The van der Waals surface area contributed by atoms with Gasteiger partial charge in [-0.2, -0.15) is 4.98 Å². The Kier molecular flexibility index (Phi) is 4.29. The third-order valence-corrected chi connectivity index (χ3v) is 2.58. The number of aromatic hydroxyl groups is 1. The van der Waals surface area contributed by atoms with Crippen molar-refractivity contribution in [1.82, 2.24) is 9.97 Å². The van der Waals surface area contributed by atoms with E-state index in [-0.39, 0.29) is 21.8 Å². The molecule has 0 aliphatic carbocycles. The van der Waals surface area contributed by atoms with Crippen LogP contribution in [0.3, 0.4) is 0 Å². The molecule has 0 atom stereocenters. The summed E-state index contributed by atoms with van der Waals surface area (Å²) < 4.78 is 40.9. The molecule has 2 aromatic rings. The lowest BCUT2D eigenvalue weighted by Gasteiger charge is -2.15. The number of nitrogens with zero attached hydrogens (tertiary/aromatic N) is 2. The Morgan fingerprint density at radius 2 is 1.95 bits per heavy atom. The molecule has 0 aliphatic heterocycles. The zero-order valence-electron chi connectivity index (χ0n) is 9.95. The second-order valence-corrected chi connectivity index (χ2v) is 4.46. The van der Waals surface area contributed by atoms with E-state index in [1.54, 1.807) is 0 Å². The van der Waals surface area contributed by atoms with Gasteiger partial charge < -0.3 is 15.2 Å². The number of alkyl halides is 3. The maximum absolute atomic E-state index is 12.3. The first-order valence-electron chi connectivity index (χ1n) is 5.28. The van der Waals surface area contributed by atoms with Crippen LogP contribution < -0.4 is 10.1 Å². The van der Waals surface area contributed by atoms with Crippen molar-refractivity contribution in [3.05, 3.63) is 34.7 Å². The summed E-state index contributed by atoms with van der Waals surface area (Å²) in [5.74, 6) is -1.15. The predicted molar refractivity (Wildman–Crippen MR) is 70.1 cm³/mol. The van der Waals surface area contributed by atoms with Crippen molar-refractivity contribution in [2.75, 3.05) is 5.32 Å². The van der Waals surface area contributed by atoms with Crippen LogP contribution in [0.15, 0.2) is 24.4 Å².